The van der Waals surface area contributed by atoms with Gasteiger partial charge in [-0.2, -0.15) is 0 Å². The third-order valence-corrected chi connectivity index (χ3v) is 0.330. The van der Waals surface area contributed by atoms with Gasteiger partial charge in [-0.15, -0.1) is 0 Å². The topological polar surface area (TPSA) is 0 Å². The number of hydrogen-bond donors (Lipinski definition) is 0. The number of rotatable bonds is 1. The van der Waals surface area contributed by atoms with E-state index in [2.05, 4.69) is 11.6 Å². The van der Waals surface area contributed by atoms with E-state index in [0.29, 0.717) is 0 Å². The molecule has 0 saturated heterocycles. The fourth-order valence-corrected chi connectivity index (χ4v) is 0. The van der Waals surface area contributed by atoms with Crippen molar-refractivity contribution in [2.45, 2.75) is 6.43 Å². The number of halogens is 4. The van der Waals surface area contributed by atoms with E-state index in [1.807, 2.05) is 0 Å². The first-order valence-corrected chi connectivity index (χ1v) is 1.48. The molecule has 0 spiro atoms. The van der Waals surface area contributed by atoms with Gasteiger partial charge < -0.3 is 16.0 Å². The number of hydrogen-bond acceptors (Lipinski definition) is 0. The van der Waals surface area contributed by atoms with Crippen molar-refractivity contribution in [1.29, 1.82) is 0 Å². The Hall–Kier alpha value is 0.599. The van der Waals surface area contributed by atoms with Crippen LogP contribution in [0.25, 0.3) is 0 Å². The maximum absolute atomic E-state index is 10.8. The van der Waals surface area contributed by atoms with Crippen LogP contribution in [0.4, 0.5) is 13.2 Å². The minimum atomic E-state index is -3.13. The SMILES string of the molecule is F[C-](Cl)C(F)F.[Mn]. The van der Waals surface area contributed by atoms with Gasteiger partial charge in [0, 0.05) is 17.1 Å². The van der Waals surface area contributed by atoms with E-state index in [-0.39, 0.29) is 17.1 Å². The fraction of sp³-hybridized carbons (Fsp3) is 0.500. The van der Waals surface area contributed by atoms with Crippen LogP contribution < -0.4 is 0 Å². The molecule has 0 heterocycles. The molecule has 0 bridgehead atoms. The molecule has 0 aromatic carbocycles. The summed E-state index contributed by atoms with van der Waals surface area (Å²) >= 11 is 4.11. The van der Waals surface area contributed by atoms with Crippen LogP contribution in [-0.2, 0) is 17.1 Å². The van der Waals surface area contributed by atoms with Crippen molar-refractivity contribution in [3.63, 3.8) is 0 Å². The van der Waals surface area contributed by atoms with Crippen molar-refractivity contribution in [2.24, 2.45) is 0 Å². The van der Waals surface area contributed by atoms with E-state index in [1.54, 1.807) is 0 Å². The molecule has 45 valence electrons. The third kappa shape index (κ3) is 6.60. The minimum absolute atomic E-state index is 0. The molecule has 0 unspecified atom stereocenters. The molecule has 0 rings (SSSR count). The monoisotopic (exact) mass is 172 g/mol. The maximum atomic E-state index is 10.8. The van der Waals surface area contributed by atoms with Crippen LogP contribution in [-0.4, -0.2) is 6.43 Å². The molecule has 0 aliphatic heterocycles. The normalized spacial score (nSPS) is 9.43. The molecule has 0 aliphatic rings. The van der Waals surface area contributed by atoms with Gasteiger partial charge in [0.15, 0.2) is 6.43 Å². The van der Waals surface area contributed by atoms with Gasteiger partial charge in [-0.05, 0) is 5.63 Å². The summed E-state index contributed by atoms with van der Waals surface area (Å²) in [6, 6.07) is 0. The molecule has 0 amide bonds. The second kappa shape index (κ2) is 4.75. The van der Waals surface area contributed by atoms with Crippen molar-refractivity contribution in [3.05, 3.63) is 5.63 Å². The van der Waals surface area contributed by atoms with E-state index in [1.165, 1.54) is 0 Å². The van der Waals surface area contributed by atoms with Gasteiger partial charge in [0.05, 0.1) is 0 Å². The Morgan fingerprint density at radius 1 is 1.43 bits per heavy atom. The molecule has 1 radical (unpaired) electrons. The zero-order valence-corrected chi connectivity index (χ0v) is 4.90. The first kappa shape index (κ1) is 10.6. The van der Waals surface area contributed by atoms with Gasteiger partial charge in [-0.25, -0.2) is 8.78 Å². The summed E-state index contributed by atoms with van der Waals surface area (Å²) in [6.45, 7) is 0. The molecule has 0 N–H and O–H groups in total. The Morgan fingerprint density at radius 2 is 1.57 bits per heavy atom. The molecule has 7 heavy (non-hydrogen) atoms. The molecule has 0 nitrogen and oxygen atoms in total. The molecule has 0 aromatic rings. The van der Waals surface area contributed by atoms with Crippen molar-refractivity contribution in [2.75, 3.05) is 0 Å². The average Bonchev–Trinajstić information content (AvgIpc) is 1.36. The van der Waals surface area contributed by atoms with E-state index in [4.69, 9.17) is 0 Å². The average molecular weight is 172 g/mol. The van der Waals surface area contributed by atoms with Crippen LogP contribution >= 0.6 is 11.6 Å². The number of alkyl halides is 2. The summed E-state index contributed by atoms with van der Waals surface area (Å²) in [5.41, 5.74) is -1.85. The Morgan fingerprint density at radius 3 is 1.57 bits per heavy atom. The summed E-state index contributed by atoms with van der Waals surface area (Å²) in [7, 11) is 0. The van der Waals surface area contributed by atoms with Gasteiger partial charge >= 0.3 is 0 Å². The Balaban J connectivity index is 0. The smallest absolute Gasteiger partial charge is 0.164 e. The fourth-order valence-electron chi connectivity index (χ4n) is 0. The van der Waals surface area contributed by atoms with Crippen LogP contribution in [0.15, 0.2) is 0 Å². The standard InChI is InChI=1S/C2HClF3.Mn/c3-1(4)2(5)6;/h2H;/q-1;. The third-order valence-electron chi connectivity index (χ3n) is 0.165. The second-order valence-electron chi connectivity index (χ2n) is 0.590. The van der Waals surface area contributed by atoms with Crippen LogP contribution in [0.5, 0.6) is 0 Å². The molecule has 0 atom stereocenters. The van der Waals surface area contributed by atoms with Crippen LogP contribution in [0.1, 0.15) is 0 Å². The van der Waals surface area contributed by atoms with E-state index in [0.717, 1.165) is 0 Å². The first-order valence-electron chi connectivity index (χ1n) is 1.10. The zero-order chi connectivity index (χ0) is 5.15. The second-order valence-corrected chi connectivity index (χ2v) is 0.951. The Kier molecular flexibility index (Phi) is 7.16. The van der Waals surface area contributed by atoms with Crippen molar-refractivity contribution < 1.29 is 30.2 Å². The largest absolute Gasteiger partial charge is 0.434 e. The van der Waals surface area contributed by atoms with Gasteiger partial charge in [0.1, 0.15) is 0 Å². The van der Waals surface area contributed by atoms with Crippen LogP contribution in [0.2, 0.25) is 0 Å². The summed E-state index contributed by atoms with van der Waals surface area (Å²) < 4.78 is 32.0. The predicted molar refractivity (Wildman–Crippen MR) is 16.2 cm³/mol. The zero-order valence-electron chi connectivity index (χ0n) is 2.97. The van der Waals surface area contributed by atoms with E-state index >= 15 is 0 Å². The van der Waals surface area contributed by atoms with Crippen molar-refractivity contribution >= 4 is 11.6 Å². The van der Waals surface area contributed by atoms with Crippen LogP contribution in [0.3, 0.4) is 0 Å². The molecule has 0 aromatic heterocycles. The Labute approximate surface area is 54.5 Å². The van der Waals surface area contributed by atoms with Gasteiger partial charge in [0.25, 0.3) is 0 Å². The van der Waals surface area contributed by atoms with E-state index in [9.17, 15) is 13.2 Å². The first-order chi connectivity index (χ1) is 2.64. The summed E-state index contributed by atoms with van der Waals surface area (Å²) in [6.07, 6.45) is -3.13. The maximum Gasteiger partial charge on any atom is 0.164 e. The summed E-state index contributed by atoms with van der Waals surface area (Å²) in [5.74, 6) is 0. The summed E-state index contributed by atoms with van der Waals surface area (Å²) in [4.78, 5) is 0. The van der Waals surface area contributed by atoms with Gasteiger partial charge in [-0.3, -0.25) is 0 Å². The van der Waals surface area contributed by atoms with E-state index < -0.39 is 12.1 Å². The van der Waals surface area contributed by atoms with Gasteiger partial charge in [-0.1, -0.05) is 0 Å². The molecule has 0 aliphatic carbocycles. The molecular weight excluding hydrogens is 171 g/mol. The quantitative estimate of drug-likeness (QED) is 0.419. The molecule has 5 heteroatoms. The van der Waals surface area contributed by atoms with Crippen molar-refractivity contribution in [1.82, 2.24) is 0 Å². The molecule has 0 fully saturated rings. The minimum Gasteiger partial charge on any atom is -0.434 e. The molecular formula is C2HClF3Mn-. The molecule has 0 saturated carbocycles. The predicted octanol–water partition coefficient (Wildman–Crippen LogP) is 1.95. The van der Waals surface area contributed by atoms with Crippen molar-refractivity contribution in [3.8, 4) is 0 Å². The van der Waals surface area contributed by atoms with Gasteiger partial charge in [0.2, 0.25) is 0 Å². The van der Waals surface area contributed by atoms with Crippen LogP contribution in [0, 0.1) is 5.63 Å². The Bertz CT molecular complexity index is 33.9. The summed E-state index contributed by atoms with van der Waals surface area (Å²) in [5, 5.41) is 0.